The van der Waals surface area contributed by atoms with Crippen molar-refractivity contribution in [2.75, 3.05) is 7.11 Å². The number of nitrogens with one attached hydrogen (secondary N) is 1. The van der Waals surface area contributed by atoms with Crippen molar-refractivity contribution in [3.8, 4) is 0 Å². The lowest BCUT2D eigenvalue weighted by molar-refractivity contribution is 0.169. The third-order valence-electron chi connectivity index (χ3n) is 1.19. The number of allylic oxidation sites excluding steroid dienone is 1. The fraction of sp³-hybridized carbons (Fsp3) is 0.625. The molecule has 3 heteroatoms. The van der Waals surface area contributed by atoms with E-state index in [4.69, 9.17) is 0 Å². The molecule has 0 fully saturated rings. The first kappa shape index (κ1) is 10.0. The lowest BCUT2D eigenvalue weighted by Crippen LogP contribution is -2.30. The van der Waals surface area contributed by atoms with Crippen LogP contribution in [0.2, 0.25) is 0 Å². The number of hydrogen-bond donors (Lipinski definition) is 1. The third kappa shape index (κ3) is 5.45. The maximum atomic E-state index is 10.6. The highest BCUT2D eigenvalue weighted by Gasteiger charge is 2.00. The average molecular weight is 157 g/mol. The largest absolute Gasteiger partial charge is 0.453 e. The molecule has 1 amide bonds. The topological polar surface area (TPSA) is 38.3 Å². The molecule has 0 radical (unpaired) electrons. The fourth-order valence-corrected chi connectivity index (χ4v) is 0.633. The van der Waals surface area contributed by atoms with Gasteiger partial charge < -0.3 is 10.1 Å². The summed E-state index contributed by atoms with van der Waals surface area (Å²) in [6.07, 6.45) is 4.52. The fourth-order valence-electron chi connectivity index (χ4n) is 0.633. The molecule has 0 aliphatic heterocycles. The van der Waals surface area contributed by atoms with Crippen LogP contribution in [-0.2, 0) is 4.74 Å². The SMILES string of the molecule is CC/C=C/C(C)NC(=O)OC. The van der Waals surface area contributed by atoms with E-state index in [1.807, 2.05) is 26.0 Å². The van der Waals surface area contributed by atoms with E-state index < -0.39 is 6.09 Å². The van der Waals surface area contributed by atoms with Crippen LogP contribution >= 0.6 is 0 Å². The van der Waals surface area contributed by atoms with Gasteiger partial charge in [-0.2, -0.15) is 0 Å². The molecule has 64 valence electrons. The van der Waals surface area contributed by atoms with E-state index in [0.29, 0.717) is 0 Å². The predicted molar refractivity (Wildman–Crippen MR) is 44.4 cm³/mol. The lowest BCUT2D eigenvalue weighted by Gasteiger charge is -2.06. The van der Waals surface area contributed by atoms with Gasteiger partial charge in [-0.3, -0.25) is 0 Å². The van der Waals surface area contributed by atoms with Gasteiger partial charge in [-0.05, 0) is 13.3 Å². The van der Waals surface area contributed by atoms with Gasteiger partial charge >= 0.3 is 6.09 Å². The van der Waals surface area contributed by atoms with Crippen molar-refractivity contribution in [2.45, 2.75) is 26.3 Å². The maximum absolute atomic E-state index is 10.6. The van der Waals surface area contributed by atoms with Crippen LogP contribution in [0.1, 0.15) is 20.3 Å². The third-order valence-corrected chi connectivity index (χ3v) is 1.19. The van der Waals surface area contributed by atoms with E-state index in [9.17, 15) is 4.79 Å². The Balaban J connectivity index is 3.59. The van der Waals surface area contributed by atoms with Gasteiger partial charge in [-0.1, -0.05) is 19.1 Å². The summed E-state index contributed by atoms with van der Waals surface area (Å²) < 4.78 is 4.42. The van der Waals surface area contributed by atoms with Crippen molar-refractivity contribution in [2.24, 2.45) is 0 Å². The van der Waals surface area contributed by atoms with Crippen molar-refractivity contribution in [3.63, 3.8) is 0 Å². The summed E-state index contributed by atoms with van der Waals surface area (Å²) in [7, 11) is 1.35. The molecule has 0 aromatic rings. The zero-order valence-corrected chi connectivity index (χ0v) is 7.26. The van der Waals surface area contributed by atoms with Crippen molar-refractivity contribution in [3.05, 3.63) is 12.2 Å². The predicted octanol–water partition coefficient (Wildman–Crippen LogP) is 1.70. The molecule has 0 aliphatic rings. The number of alkyl carbamates (subject to hydrolysis) is 1. The molecule has 0 aromatic heterocycles. The normalized spacial score (nSPS) is 13.0. The zero-order valence-electron chi connectivity index (χ0n) is 7.26. The van der Waals surface area contributed by atoms with Crippen molar-refractivity contribution >= 4 is 6.09 Å². The van der Waals surface area contributed by atoms with Gasteiger partial charge in [0.05, 0.1) is 7.11 Å². The van der Waals surface area contributed by atoms with E-state index in [1.165, 1.54) is 7.11 Å². The van der Waals surface area contributed by atoms with Crippen molar-refractivity contribution in [1.82, 2.24) is 5.32 Å². The average Bonchev–Trinajstić information content (AvgIpc) is 2.00. The van der Waals surface area contributed by atoms with E-state index >= 15 is 0 Å². The van der Waals surface area contributed by atoms with Crippen molar-refractivity contribution < 1.29 is 9.53 Å². The molecule has 1 atom stereocenters. The molecule has 0 bridgehead atoms. The number of carbonyl (C=O) groups is 1. The van der Waals surface area contributed by atoms with Crippen LogP contribution in [-0.4, -0.2) is 19.2 Å². The Kier molecular flexibility index (Phi) is 5.25. The minimum Gasteiger partial charge on any atom is -0.453 e. The first-order chi connectivity index (χ1) is 5.20. The van der Waals surface area contributed by atoms with Gasteiger partial charge in [0, 0.05) is 6.04 Å². The molecule has 1 unspecified atom stereocenters. The van der Waals surface area contributed by atoms with E-state index in [2.05, 4.69) is 10.1 Å². The second-order valence-corrected chi connectivity index (χ2v) is 2.26. The Morgan fingerprint density at radius 1 is 1.73 bits per heavy atom. The number of amides is 1. The standard InChI is InChI=1S/C8H15NO2/c1-4-5-6-7(2)9-8(10)11-3/h5-7H,4H2,1-3H3,(H,9,10)/b6-5+. The second kappa shape index (κ2) is 5.77. The van der Waals surface area contributed by atoms with Crippen LogP contribution in [0.5, 0.6) is 0 Å². The Labute approximate surface area is 67.4 Å². The molecular formula is C8H15NO2. The second-order valence-electron chi connectivity index (χ2n) is 2.26. The van der Waals surface area contributed by atoms with Gasteiger partial charge in [0.25, 0.3) is 0 Å². The molecular weight excluding hydrogens is 142 g/mol. The molecule has 3 nitrogen and oxygen atoms in total. The summed E-state index contributed by atoms with van der Waals surface area (Å²) in [6, 6.07) is 0.0439. The van der Waals surface area contributed by atoms with Crippen molar-refractivity contribution in [1.29, 1.82) is 0 Å². The molecule has 1 N–H and O–H groups in total. The minimum atomic E-state index is -0.391. The first-order valence-electron chi connectivity index (χ1n) is 3.71. The molecule has 0 saturated heterocycles. The number of methoxy groups -OCH3 is 1. The molecule has 11 heavy (non-hydrogen) atoms. The van der Waals surface area contributed by atoms with Gasteiger partial charge in [-0.25, -0.2) is 4.79 Å². The summed E-state index contributed by atoms with van der Waals surface area (Å²) in [5.41, 5.74) is 0. The molecule has 0 saturated carbocycles. The number of hydrogen-bond acceptors (Lipinski definition) is 2. The number of ether oxygens (including phenoxy) is 1. The van der Waals surface area contributed by atoms with Gasteiger partial charge in [0.2, 0.25) is 0 Å². The summed E-state index contributed by atoms with van der Waals surface area (Å²) >= 11 is 0. The van der Waals surface area contributed by atoms with Crippen LogP contribution in [0.15, 0.2) is 12.2 Å². The summed E-state index contributed by atoms with van der Waals surface area (Å²) in [4.78, 5) is 10.6. The molecule has 0 aromatic carbocycles. The quantitative estimate of drug-likeness (QED) is 0.633. The van der Waals surface area contributed by atoms with Crippen LogP contribution < -0.4 is 5.32 Å². The summed E-state index contributed by atoms with van der Waals surface area (Å²) in [5.74, 6) is 0. The number of carbonyl (C=O) groups excluding carboxylic acids is 1. The van der Waals surface area contributed by atoms with Crippen LogP contribution in [0.3, 0.4) is 0 Å². The highest BCUT2D eigenvalue weighted by atomic mass is 16.5. The Hall–Kier alpha value is -0.990. The van der Waals surface area contributed by atoms with E-state index in [1.54, 1.807) is 0 Å². The van der Waals surface area contributed by atoms with Crippen LogP contribution in [0, 0.1) is 0 Å². The molecule has 0 rings (SSSR count). The first-order valence-corrected chi connectivity index (χ1v) is 3.71. The minimum absolute atomic E-state index is 0.0439. The summed E-state index contributed by atoms with van der Waals surface area (Å²) in [6.45, 7) is 3.93. The Bertz CT molecular complexity index is 143. The molecule has 0 heterocycles. The highest BCUT2D eigenvalue weighted by Crippen LogP contribution is 1.87. The smallest absolute Gasteiger partial charge is 0.407 e. The van der Waals surface area contributed by atoms with Crippen LogP contribution in [0.25, 0.3) is 0 Å². The maximum Gasteiger partial charge on any atom is 0.407 e. The van der Waals surface area contributed by atoms with E-state index in [0.717, 1.165) is 6.42 Å². The Morgan fingerprint density at radius 3 is 2.82 bits per heavy atom. The summed E-state index contributed by atoms with van der Waals surface area (Å²) in [5, 5.41) is 2.62. The highest BCUT2D eigenvalue weighted by molar-refractivity contribution is 5.67. The van der Waals surface area contributed by atoms with Gasteiger partial charge in [0.15, 0.2) is 0 Å². The van der Waals surface area contributed by atoms with Gasteiger partial charge in [-0.15, -0.1) is 0 Å². The van der Waals surface area contributed by atoms with Gasteiger partial charge in [0.1, 0.15) is 0 Å². The van der Waals surface area contributed by atoms with E-state index in [-0.39, 0.29) is 6.04 Å². The zero-order chi connectivity index (χ0) is 8.69. The molecule has 0 spiro atoms. The number of rotatable bonds is 3. The lowest BCUT2D eigenvalue weighted by atomic mass is 10.3. The monoisotopic (exact) mass is 157 g/mol. The molecule has 0 aliphatic carbocycles. The Morgan fingerprint density at radius 2 is 2.36 bits per heavy atom. The van der Waals surface area contributed by atoms with Crippen LogP contribution in [0.4, 0.5) is 4.79 Å².